The number of hydrogen-bond donors (Lipinski definition) is 2. The number of hydrogen-bond acceptors (Lipinski definition) is 3. The van der Waals surface area contributed by atoms with Gasteiger partial charge in [-0.2, -0.15) is 0 Å². The van der Waals surface area contributed by atoms with Crippen molar-refractivity contribution < 1.29 is 14.6 Å². The molecule has 1 aromatic rings. The predicted molar refractivity (Wildman–Crippen MR) is 77.0 cm³/mol. The number of aliphatic hydroxyl groups is 1. The first-order valence-corrected chi connectivity index (χ1v) is 7.31. The normalized spacial score (nSPS) is 16.1. The zero-order valence-corrected chi connectivity index (χ0v) is 11.8. The summed E-state index contributed by atoms with van der Waals surface area (Å²) in [5, 5.41) is 12.2. The van der Waals surface area contributed by atoms with Crippen LogP contribution >= 0.6 is 0 Å². The average molecular weight is 277 g/mol. The molecule has 0 saturated carbocycles. The van der Waals surface area contributed by atoms with Crippen molar-refractivity contribution in [3.8, 4) is 0 Å². The van der Waals surface area contributed by atoms with Crippen LogP contribution < -0.4 is 5.32 Å². The average Bonchev–Trinajstić information content (AvgIpc) is 2.52. The summed E-state index contributed by atoms with van der Waals surface area (Å²) in [6.45, 7) is 2.16. The Bertz CT molecular complexity index is 427. The van der Waals surface area contributed by atoms with E-state index in [9.17, 15) is 9.90 Å². The molecule has 1 saturated heterocycles. The number of aliphatic hydroxyl groups excluding tert-OH is 1. The summed E-state index contributed by atoms with van der Waals surface area (Å²) in [6.07, 6.45) is 3.66. The molecule has 4 nitrogen and oxygen atoms in total. The number of benzene rings is 1. The zero-order chi connectivity index (χ0) is 14.2. The van der Waals surface area contributed by atoms with Crippen LogP contribution in [0.25, 0.3) is 0 Å². The summed E-state index contributed by atoms with van der Waals surface area (Å²) in [7, 11) is 0. The maximum atomic E-state index is 11.9. The van der Waals surface area contributed by atoms with Crippen molar-refractivity contribution in [2.75, 3.05) is 13.2 Å². The van der Waals surface area contributed by atoms with Gasteiger partial charge in [0.2, 0.25) is 5.91 Å². The molecule has 0 unspecified atom stereocenters. The lowest BCUT2D eigenvalue weighted by atomic mass is 9.95. The van der Waals surface area contributed by atoms with Crippen LogP contribution in [-0.2, 0) is 22.7 Å². The quantitative estimate of drug-likeness (QED) is 0.836. The lowest BCUT2D eigenvalue weighted by molar-refractivity contribution is -0.121. The number of carbonyl (C=O) groups is 1. The minimum atomic E-state index is 0.00805. The van der Waals surface area contributed by atoms with Crippen molar-refractivity contribution in [3.05, 3.63) is 35.4 Å². The summed E-state index contributed by atoms with van der Waals surface area (Å²) < 4.78 is 5.31. The molecule has 1 aromatic carbocycles. The molecular weight excluding hydrogens is 254 g/mol. The molecule has 1 fully saturated rings. The zero-order valence-electron chi connectivity index (χ0n) is 11.8. The summed E-state index contributed by atoms with van der Waals surface area (Å²) in [4.78, 5) is 11.9. The molecule has 110 valence electrons. The molecule has 0 radical (unpaired) electrons. The van der Waals surface area contributed by atoms with Crippen molar-refractivity contribution in [2.45, 2.75) is 38.8 Å². The molecule has 2 rings (SSSR count). The second-order valence-corrected chi connectivity index (χ2v) is 5.30. The molecule has 0 aromatic heterocycles. The predicted octanol–water partition coefficient (Wildman–Crippen LogP) is 2.00. The summed E-state index contributed by atoms with van der Waals surface area (Å²) in [5.74, 6) is 0.712. The van der Waals surface area contributed by atoms with Gasteiger partial charge in [0.1, 0.15) is 0 Å². The summed E-state index contributed by atoms with van der Waals surface area (Å²) in [6, 6.07) is 7.62. The highest BCUT2D eigenvalue weighted by atomic mass is 16.5. The Hall–Kier alpha value is -1.39. The Kier molecular flexibility index (Phi) is 6.02. The van der Waals surface area contributed by atoms with Crippen LogP contribution in [-0.4, -0.2) is 24.2 Å². The number of carbonyl (C=O) groups excluding carboxylic acids is 1. The highest BCUT2D eigenvalue weighted by Crippen LogP contribution is 2.19. The Morgan fingerprint density at radius 2 is 1.95 bits per heavy atom. The molecule has 0 bridgehead atoms. The van der Waals surface area contributed by atoms with E-state index in [1.54, 1.807) is 0 Å². The number of nitrogens with one attached hydrogen (secondary N) is 1. The monoisotopic (exact) mass is 277 g/mol. The Morgan fingerprint density at radius 3 is 2.65 bits per heavy atom. The van der Waals surface area contributed by atoms with Crippen LogP contribution in [0.2, 0.25) is 0 Å². The number of amides is 1. The Morgan fingerprint density at radius 1 is 1.25 bits per heavy atom. The third-order valence-corrected chi connectivity index (χ3v) is 3.89. The molecule has 1 aliphatic rings. The van der Waals surface area contributed by atoms with E-state index in [2.05, 4.69) is 5.32 Å². The minimum Gasteiger partial charge on any atom is -0.392 e. The third-order valence-electron chi connectivity index (χ3n) is 3.89. The van der Waals surface area contributed by atoms with E-state index in [0.717, 1.165) is 43.6 Å². The lowest BCUT2D eigenvalue weighted by Gasteiger charge is -2.21. The van der Waals surface area contributed by atoms with Crippen molar-refractivity contribution in [1.29, 1.82) is 0 Å². The topological polar surface area (TPSA) is 58.6 Å². The van der Waals surface area contributed by atoms with Crippen molar-refractivity contribution in [2.24, 2.45) is 5.92 Å². The van der Waals surface area contributed by atoms with E-state index in [1.807, 2.05) is 24.3 Å². The Labute approximate surface area is 120 Å². The second kappa shape index (κ2) is 8.02. The van der Waals surface area contributed by atoms with E-state index < -0.39 is 0 Å². The summed E-state index contributed by atoms with van der Waals surface area (Å²) >= 11 is 0. The van der Waals surface area contributed by atoms with Crippen molar-refractivity contribution in [1.82, 2.24) is 5.32 Å². The van der Waals surface area contributed by atoms with Gasteiger partial charge in [0.25, 0.3) is 0 Å². The van der Waals surface area contributed by atoms with Gasteiger partial charge in [-0.1, -0.05) is 24.3 Å². The third kappa shape index (κ3) is 4.62. The second-order valence-electron chi connectivity index (χ2n) is 5.30. The van der Waals surface area contributed by atoms with Gasteiger partial charge in [0, 0.05) is 26.2 Å². The maximum absolute atomic E-state index is 11.9. The van der Waals surface area contributed by atoms with E-state index in [4.69, 9.17) is 4.74 Å². The van der Waals surface area contributed by atoms with Crippen LogP contribution in [0.5, 0.6) is 0 Å². The van der Waals surface area contributed by atoms with Gasteiger partial charge >= 0.3 is 0 Å². The van der Waals surface area contributed by atoms with E-state index >= 15 is 0 Å². The van der Waals surface area contributed by atoms with Crippen molar-refractivity contribution in [3.63, 3.8) is 0 Å². The van der Waals surface area contributed by atoms with Gasteiger partial charge in [-0.15, -0.1) is 0 Å². The number of ether oxygens (including phenoxy) is 1. The first-order chi connectivity index (χ1) is 9.79. The van der Waals surface area contributed by atoms with Crippen LogP contribution in [0, 0.1) is 5.92 Å². The van der Waals surface area contributed by atoms with Crippen LogP contribution in [0.3, 0.4) is 0 Å². The first kappa shape index (κ1) is 15.0. The van der Waals surface area contributed by atoms with Gasteiger partial charge in [-0.25, -0.2) is 0 Å². The van der Waals surface area contributed by atoms with Crippen LogP contribution in [0.1, 0.15) is 36.8 Å². The van der Waals surface area contributed by atoms with Crippen molar-refractivity contribution >= 4 is 5.91 Å². The fourth-order valence-corrected chi connectivity index (χ4v) is 2.54. The molecule has 0 atom stereocenters. The molecule has 0 aliphatic carbocycles. The van der Waals surface area contributed by atoms with E-state index in [1.165, 1.54) is 0 Å². The van der Waals surface area contributed by atoms with Crippen LogP contribution in [0.15, 0.2) is 24.3 Å². The standard InChI is InChI=1S/C16H23NO3/c18-12-15-4-2-1-3-14(15)11-17-16(19)6-5-13-7-9-20-10-8-13/h1-4,13,18H,5-12H2,(H,17,19). The van der Waals surface area contributed by atoms with Gasteiger partial charge in [0.15, 0.2) is 0 Å². The fourth-order valence-electron chi connectivity index (χ4n) is 2.54. The molecular formula is C16H23NO3. The smallest absolute Gasteiger partial charge is 0.220 e. The highest BCUT2D eigenvalue weighted by Gasteiger charge is 2.15. The first-order valence-electron chi connectivity index (χ1n) is 7.31. The molecule has 1 heterocycles. The largest absolute Gasteiger partial charge is 0.392 e. The molecule has 1 aliphatic heterocycles. The van der Waals surface area contributed by atoms with Gasteiger partial charge < -0.3 is 15.2 Å². The van der Waals surface area contributed by atoms with E-state index in [-0.39, 0.29) is 12.5 Å². The van der Waals surface area contributed by atoms with Gasteiger partial charge in [-0.05, 0) is 36.3 Å². The SMILES string of the molecule is O=C(CCC1CCOCC1)NCc1ccccc1CO. The molecule has 0 spiro atoms. The molecule has 4 heteroatoms. The summed E-state index contributed by atoms with van der Waals surface area (Å²) in [5.41, 5.74) is 1.85. The van der Waals surface area contributed by atoms with E-state index in [0.29, 0.717) is 18.9 Å². The fraction of sp³-hybridized carbons (Fsp3) is 0.562. The minimum absolute atomic E-state index is 0.00805. The molecule has 1 amide bonds. The highest BCUT2D eigenvalue weighted by molar-refractivity contribution is 5.75. The van der Waals surface area contributed by atoms with Gasteiger partial charge in [0.05, 0.1) is 6.61 Å². The maximum Gasteiger partial charge on any atom is 0.220 e. The van der Waals surface area contributed by atoms with Gasteiger partial charge in [-0.3, -0.25) is 4.79 Å². The molecule has 2 N–H and O–H groups in total. The lowest BCUT2D eigenvalue weighted by Crippen LogP contribution is -2.25. The number of rotatable bonds is 6. The molecule has 20 heavy (non-hydrogen) atoms. The Balaban J connectivity index is 1.71. The van der Waals surface area contributed by atoms with Crippen LogP contribution in [0.4, 0.5) is 0 Å².